The van der Waals surface area contributed by atoms with E-state index in [1.165, 1.54) is 11.1 Å². The topological polar surface area (TPSA) is 72.7 Å². The van der Waals surface area contributed by atoms with E-state index in [9.17, 15) is 4.79 Å². The van der Waals surface area contributed by atoms with Crippen LogP contribution in [-0.2, 0) is 5.41 Å². The molecular formula is C24H31N5O. The second-order valence-corrected chi connectivity index (χ2v) is 9.94. The van der Waals surface area contributed by atoms with Crippen LogP contribution in [0.3, 0.4) is 0 Å². The summed E-state index contributed by atoms with van der Waals surface area (Å²) in [4.78, 5) is 13.0. The lowest BCUT2D eigenvalue weighted by molar-refractivity contribution is 0.0919. The Morgan fingerprint density at radius 2 is 1.60 bits per heavy atom. The fourth-order valence-electron chi connectivity index (χ4n) is 3.19. The molecule has 1 amide bonds. The summed E-state index contributed by atoms with van der Waals surface area (Å²) in [5, 5.41) is 15.4. The Balaban J connectivity index is 2.20. The monoisotopic (exact) mass is 405 g/mol. The van der Waals surface area contributed by atoms with Crippen molar-refractivity contribution in [3.63, 3.8) is 0 Å². The molecule has 6 heteroatoms. The van der Waals surface area contributed by atoms with Gasteiger partial charge in [0.15, 0.2) is 5.82 Å². The highest BCUT2D eigenvalue weighted by Crippen LogP contribution is 2.28. The number of amides is 1. The van der Waals surface area contributed by atoms with Gasteiger partial charge in [-0.1, -0.05) is 39.0 Å². The number of carbonyl (C=O) groups is 1. The van der Waals surface area contributed by atoms with Crippen molar-refractivity contribution in [3.05, 3.63) is 58.9 Å². The molecule has 1 N–H and O–H groups in total. The summed E-state index contributed by atoms with van der Waals surface area (Å²) >= 11 is 0. The van der Waals surface area contributed by atoms with E-state index >= 15 is 0 Å². The van der Waals surface area contributed by atoms with E-state index in [1.54, 1.807) is 4.68 Å². The molecule has 0 unspecified atom stereocenters. The first-order valence-corrected chi connectivity index (χ1v) is 10.2. The maximum absolute atomic E-state index is 13.0. The Kier molecular flexibility index (Phi) is 5.54. The van der Waals surface area contributed by atoms with Gasteiger partial charge in [0.1, 0.15) is 0 Å². The molecule has 0 saturated carbocycles. The summed E-state index contributed by atoms with van der Waals surface area (Å²) < 4.78 is 1.72. The van der Waals surface area contributed by atoms with Crippen LogP contribution < -0.4 is 5.32 Å². The van der Waals surface area contributed by atoms with E-state index in [-0.39, 0.29) is 16.9 Å². The SMILES string of the molecule is Cc1ccc(-c2cc(C(=O)NC(C)(C)C)cc(-n3nnnc3C(C)(C)C)c2)cc1C. The lowest BCUT2D eigenvalue weighted by Crippen LogP contribution is -2.40. The highest BCUT2D eigenvalue weighted by Gasteiger charge is 2.24. The van der Waals surface area contributed by atoms with Crippen LogP contribution in [0.15, 0.2) is 36.4 Å². The maximum atomic E-state index is 13.0. The number of carbonyl (C=O) groups excluding carboxylic acids is 1. The van der Waals surface area contributed by atoms with Crippen molar-refractivity contribution < 1.29 is 4.79 Å². The molecular weight excluding hydrogens is 374 g/mol. The molecule has 0 aliphatic carbocycles. The predicted molar refractivity (Wildman–Crippen MR) is 120 cm³/mol. The van der Waals surface area contributed by atoms with Crippen molar-refractivity contribution in [1.82, 2.24) is 25.5 Å². The zero-order valence-electron chi connectivity index (χ0n) is 19.2. The average molecular weight is 406 g/mol. The minimum atomic E-state index is -0.334. The third-order valence-electron chi connectivity index (χ3n) is 4.89. The summed E-state index contributed by atoms with van der Waals surface area (Å²) in [5.41, 5.74) is 5.20. The molecule has 30 heavy (non-hydrogen) atoms. The van der Waals surface area contributed by atoms with Gasteiger partial charge in [-0.05, 0) is 85.5 Å². The van der Waals surface area contributed by atoms with Crippen molar-refractivity contribution >= 4 is 5.91 Å². The summed E-state index contributed by atoms with van der Waals surface area (Å²) in [5.74, 6) is 0.613. The normalized spacial score (nSPS) is 12.1. The molecule has 0 radical (unpaired) electrons. The van der Waals surface area contributed by atoms with Crippen LogP contribution in [0.1, 0.15) is 68.9 Å². The third kappa shape index (κ3) is 4.75. The number of aryl methyl sites for hydroxylation is 2. The molecule has 6 nitrogen and oxygen atoms in total. The largest absolute Gasteiger partial charge is 0.347 e. The highest BCUT2D eigenvalue weighted by atomic mass is 16.1. The summed E-state index contributed by atoms with van der Waals surface area (Å²) in [6.07, 6.45) is 0. The van der Waals surface area contributed by atoms with Gasteiger partial charge in [0.2, 0.25) is 0 Å². The Bertz CT molecular complexity index is 1080. The maximum Gasteiger partial charge on any atom is 0.251 e. The smallest absolute Gasteiger partial charge is 0.251 e. The van der Waals surface area contributed by atoms with Gasteiger partial charge in [-0.2, -0.15) is 4.68 Å². The molecule has 0 bridgehead atoms. The minimum absolute atomic E-state index is 0.125. The van der Waals surface area contributed by atoms with Crippen molar-refractivity contribution in [3.8, 4) is 16.8 Å². The molecule has 2 aromatic carbocycles. The van der Waals surface area contributed by atoms with Gasteiger partial charge in [0.05, 0.1) is 5.69 Å². The number of nitrogens with zero attached hydrogens (tertiary/aromatic N) is 4. The molecule has 0 aliphatic heterocycles. The molecule has 3 rings (SSSR count). The molecule has 0 aliphatic rings. The lowest BCUT2D eigenvalue weighted by Gasteiger charge is -2.22. The van der Waals surface area contributed by atoms with Crippen molar-refractivity contribution in [1.29, 1.82) is 0 Å². The fraction of sp³-hybridized carbons (Fsp3) is 0.417. The first-order valence-electron chi connectivity index (χ1n) is 10.2. The third-order valence-corrected chi connectivity index (χ3v) is 4.89. The van der Waals surface area contributed by atoms with E-state index in [2.05, 4.69) is 73.7 Å². The van der Waals surface area contributed by atoms with Gasteiger partial charge >= 0.3 is 0 Å². The molecule has 1 heterocycles. The number of rotatable bonds is 3. The number of benzene rings is 2. The Morgan fingerprint density at radius 3 is 2.20 bits per heavy atom. The standard InChI is InChI=1S/C24H31N5O/c1-15-9-10-17(11-16(15)2)18-12-19(21(30)25-24(6,7)8)14-20(13-18)29-22(23(3,4)5)26-27-28-29/h9-14H,1-8H3,(H,25,30). The Morgan fingerprint density at radius 1 is 0.900 bits per heavy atom. The van der Waals surface area contributed by atoms with Gasteiger partial charge < -0.3 is 5.32 Å². The van der Waals surface area contributed by atoms with Crippen LogP contribution in [0.4, 0.5) is 0 Å². The number of hydrogen-bond donors (Lipinski definition) is 1. The van der Waals surface area contributed by atoms with Crippen LogP contribution in [0.25, 0.3) is 16.8 Å². The van der Waals surface area contributed by atoms with E-state index < -0.39 is 0 Å². The molecule has 0 atom stereocenters. The number of hydrogen-bond acceptors (Lipinski definition) is 4. The number of aromatic nitrogens is 4. The van der Waals surface area contributed by atoms with Crippen molar-refractivity contribution in [2.75, 3.05) is 0 Å². The van der Waals surface area contributed by atoms with Gasteiger partial charge in [0, 0.05) is 16.5 Å². The van der Waals surface area contributed by atoms with Crippen LogP contribution in [0.2, 0.25) is 0 Å². The summed E-state index contributed by atoms with van der Waals surface area (Å²) in [6.45, 7) is 16.3. The van der Waals surface area contributed by atoms with E-state index in [4.69, 9.17) is 0 Å². The van der Waals surface area contributed by atoms with E-state index in [1.807, 2.05) is 39.0 Å². The molecule has 0 saturated heterocycles. The van der Waals surface area contributed by atoms with Gasteiger partial charge in [0.25, 0.3) is 5.91 Å². The Hall–Kier alpha value is -3.02. The second kappa shape index (κ2) is 7.67. The minimum Gasteiger partial charge on any atom is -0.347 e. The fourth-order valence-corrected chi connectivity index (χ4v) is 3.19. The number of nitrogens with one attached hydrogen (secondary N) is 1. The van der Waals surface area contributed by atoms with E-state index in [0.29, 0.717) is 5.56 Å². The first-order chi connectivity index (χ1) is 13.8. The Labute approximate surface area is 178 Å². The molecule has 0 spiro atoms. The molecule has 158 valence electrons. The van der Waals surface area contributed by atoms with E-state index in [0.717, 1.165) is 22.6 Å². The van der Waals surface area contributed by atoms with Gasteiger partial charge in [-0.15, -0.1) is 5.10 Å². The predicted octanol–water partition coefficient (Wildman–Crippen LogP) is 4.77. The lowest BCUT2D eigenvalue weighted by atomic mass is 9.95. The second-order valence-electron chi connectivity index (χ2n) is 9.94. The van der Waals surface area contributed by atoms with Crippen LogP contribution >= 0.6 is 0 Å². The summed E-state index contributed by atoms with van der Waals surface area (Å²) in [7, 11) is 0. The molecule has 1 aromatic heterocycles. The van der Waals surface area contributed by atoms with Crippen molar-refractivity contribution in [2.24, 2.45) is 0 Å². The van der Waals surface area contributed by atoms with Crippen LogP contribution in [0.5, 0.6) is 0 Å². The zero-order chi connectivity index (χ0) is 22.3. The quantitative estimate of drug-likeness (QED) is 0.681. The zero-order valence-corrected chi connectivity index (χ0v) is 19.2. The van der Waals surface area contributed by atoms with Crippen LogP contribution in [-0.4, -0.2) is 31.7 Å². The van der Waals surface area contributed by atoms with Gasteiger partial charge in [-0.25, -0.2) is 0 Å². The van der Waals surface area contributed by atoms with Crippen LogP contribution in [0, 0.1) is 13.8 Å². The molecule has 0 fully saturated rings. The molecule has 3 aromatic rings. The average Bonchev–Trinajstić information content (AvgIpc) is 3.12. The van der Waals surface area contributed by atoms with Gasteiger partial charge in [-0.3, -0.25) is 4.79 Å². The summed E-state index contributed by atoms with van der Waals surface area (Å²) in [6, 6.07) is 12.1. The highest BCUT2D eigenvalue weighted by molar-refractivity contribution is 5.96. The van der Waals surface area contributed by atoms with Crippen molar-refractivity contribution in [2.45, 2.75) is 66.3 Å². The number of tetrazole rings is 1. The first kappa shape index (κ1) is 21.7.